The van der Waals surface area contributed by atoms with Crippen LogP contribution in [-0.2, 0) is 20.2 Å². The summed E-state index contributed by atoms with van der Waals surface area (Å²) in [7, 11) is 3.77. The van der Waals surface area contributed by atoms with Crippen molar-refractivity contribution in [1.29, 1.82) is 0 Å². The zero-order valence-corrected chi connectivity index (χ0v) is 9.92. The second kappa shape index (κ2) is 5.40. The standard InChI is InChI=1S/C11H15N5O/c1-12-5-9-3-4-10(6-13-9)17-7-11-15-14-8-16(11)2/h3-4,6,8,12H,5,7H2,1-2H3. The van der Waals surface area contributed by atoms with Crippen LogP contribution in [0.1, 0.15) is 11.5 Å². The van der Waals surface area contributed by atoms with E-state index in [4.69, 9.17) is 4.74 Å². The van der Waals surface area contributed by atoms with Gasteiger partial charge in [0.15, 0.2) is 5.82 Å². The molecule has 17 heavy (non-hydrogen) atoms. The van der Waals surface area contributed by atoms with Gasteiger partial charge in [0.2, 0.25) is 0 Å². The van der Waals surface area contributed by atoms with Crippen molar-refractivity contribution in [3.8, 4) is 5.75 Å². The number of hydrogen-bond acceptors (Lipinski definition) is 5. The molecule has 0 unspecified atom stereocenters. The summed E-state index contributed by atoms with van der Waals surface area (Å²) in [6.45, 7) is 1.15. The van der Waals surface area contributed by atoms with Crippen molar-refractivity contribution in [3.05, 3.63) is 36.2 Å². The first-order chi connectivity index (χ1) is 8.29. The maximum Gasteiger partial charge on any atom is 0.170 e. The molecule has 0 aliphatic heterocycles. The molecule has 0 spiro atoms. The molecule has 2 aromatic heterocycles. The molecule has 0 atom stereocenters. The summed E-state index contributed by atoms with van der Waals surface area (Å²) in [5.74, 6) is 1.51. The zero-order chi connectivity index (χ0) is 12.1. The molecule has 6 heteroatoms. The van der Waals surface area contributed by atoms with Crippen LogP contribution in [0.25, 0.3) is 0 Å². The molecule has 6 nitrogen and oxygen atoms in total. The van der Waals surface area contributed by atoms with Crippen LogP contribution in [0.4, 0.5) is 0 Å². The Labute approximate surface area is 99.7 Å². The first-order valence-electron chi connectivity index (χ1n) is 5.35. The Bertz CT molecular complexity index is 465. The van der Waals surface area contributed by atoms with Gasteiger partial charge < -0.3 is 14.6 Å². The Kier molecular flexibility index (Phi) is 3.66. The van der Waals surface area contributed by atoms with Crippen LogP contribution in [-0.4, -0.2) is 26.8 Å². The van der Waals surface area contributed by atoms with E-state index in [-0.39, 0.29) is 0 Å². The average Bonchev–Trinajstić information content (AvgIpc) is 2.75. The quantitative estimate of drug-likeness (QED) is 0.815. The largest absolute Gasteiger partial charge is 0.484 e. The van der Waals surface area contributed by atoms with E-state index in [9.17, 15) is 0 Å². The number of aryl methyl sites for hydroxylation is 1. The number of nitrogens with zero attached hydrogens (tertiary/aromatic N) is 4. The molecule has 2 rings (SSSR count). The third kappa shape index (κ3) is 3.01. The van der Waals surface area contributed by atoms with Gasteiger partial charge in [0.05, 0.1) is 11.9 Å². The van der Waals surface area contributed by atoms with Gasteiger partial charge in [0.25, 0.3) is 0 Å². The minimum absolute atomic E-state index is 0.392. The number of nitrogens with one attached hydrogen (secondary N) is 1. The molecular formula is C11H15N5O. The summed E-state index contributed by atoms with van der Waals surface area (Å²) < 4.78 is 7.38. The van der Waals surface area contributed by atoms with E-state index in [0.717, 1.165) is 23.8 Å². The Morgan fingerprint density at radius 1 is 1.41 bits per heavy atom. The van der Waals surface area contributed by atoms with E-state index in [1.807, 2.05) is 30.8 Å². The second-order valence-electron chi connectivity index (χ2n) is 3.66. The van der Waals surface area contributed by atoms with Gasteiger partial charge in [-0.3, -0.25) is 4.98 Å². The summed E-state index contributed by atoms with van der Waals surface area (Å²) in [5.41, 5.74) is 0.985. The van der Waals surface area contributed by atoms with Gasteiger partial charge in [-0.15, -0.1) is 10.2 Å². The SMILES string of the molecule is CNCc1ccc(OCc2nncn2C)cn1. The maximum atomic E-state index is 5.56. The summed E-state index contributed by atoms with van der Waals surface area (Å²) in [4.78, 5) is 4.26. The molecule has 0 bridgehead atoms. The topological polar surface area (TPSA) is 64.9 Å². The lowest BCUT2D eigenvalue weighted by atomic mass is 10.3. The highest BCUT2D eigenvalue weighted by Crippen LogP contribution is 2.10. The first kappa shape index (κ1) is 11.5. The smallest absolute Gasteiger partial charge is 0.170 e. The van der Waals surface area contributed by atoms with Crippen LogP contribution in [0.15, 0.2) is 24.7 Å². The van der Waals surface area contributed by atoms with Crippen molar-refractivity contribution in [2.45, 2.75) is 13.2 Å². The van der Waals surface area contributed by atoms with Crippen LogP contribution >= 0.6 is 0 Å². The van der Waals surface area contributed by atoms with Crippen molar-refractivity contribution in [3.63, 3.8) is 0 Å². The van der Waals surface area contributed by atoms with Gasteiger partial charge in [0.1, 0.15) is 18.7 Å². The van der Waals surface area contributed by atoms with E-state index in [1.54, 1.807) is 12.5 Å². The minimum atomic E-state index is 0.392. The molecule has 0 amide bonds. The van der Waals surface area contributed by atoms with Gasteiger partial charge in [0, 0.05) is 13.6 Å². The van der Waals surface area contributed by atoms with Crippen LogP contribution in [0.5, 0.6) is 5.75 Å². The molecule has 1 N–H and O–H groups in total. The van der Waals surface area contributed by atoms with Crippen molar-refractivity contribution >= 4 is 0 Å². The van der Waals surface area contributed by atoms with Crippen molar-refractivity contribution in [2.75, 3.05) is 7.05 Å². The fourth-order valence-electron chi connectivity index (χ4n) is 1.37. The van der Waals surface area contributed by atoms with Gasteiger partial charge in [-0.1, -0.05) is 0 Å². The van der Waals surface area contributed by atoms with Crippen LogP contribution in [0.3, 0.4) is 0 Å². The van der Waals surface area contributed by atoms with Gasteiger partial charge in [-0.2, -0.15) is 0 Å². The number of pyridine rings is 1. The fourth-order valence-corrected chi connectivity index (χ4v) is 1.37. The Balaban J connectivity index is 1.93. The third-order valence-corrected chi connectivity index (χ3v) is 2.33. The molecule has 0 saturated heterocycles. The summed E-state index contributed by atoms with van der Waals surface area (Å²) in [6.07, 6.45) is 3.36. The minimum Gasteiger partial charge on any atom is -0.484 e. The van der Waals surface area contributed by atoms with Crippen molar-refractivity contribution in [2.24, 2.45) is 7.05 Å². The predicted molar refractivity (Wildman–Crippen MR) is 62.3 cm³/mol. The molecular weight excluding hydrogens is 218 g/mol. The van der Waals surface area contributed by atoms with Crippen LogP contribution in [0.2, 0.25) is 0 Å². The lowest BCUT2D eigenvalue weighted by Crippen LogP contribution is -2.07. The number of rotatable bonds is 5. The van der Waals surface area contributed by atoms with Gasteiger partial charge in [-0.05, 0) is 19.2 Å². The third-order valence-electron chi connectivity index (χ3n) is 2.33. The van der Waals surface area contributed by atoms with Crippen LogP contribution in [0, 0.1) is 0 Å². The lowest BCUT2D eigenvalue weighted by molar-refractivity contribution is 0.290. The summed E-state index contributed by atoms with van der Waals surface area (Å²) >= 11 is 0. The summed E-state index contributed by atoms with van der Waals surface area (Å²) in [5, 5.41) is 10.8. The first-order valence-corrected chi connectivity index (χ1v) is 5.35. The van der Waals surface area contributed by atoms with Gasteiger partial charge in [-0.25, -0.2) is 0 Å². The normalized spacial score (nSPS) is 10.5. The molecule has 0 fully saturated rings. The molecule has 0 saturated carbocycles. The Morgan fingerprint density at radius 3 is 2.88 bits per heavy atom. The van der Waals surface area contributed by atoms with E-state index >= 15 is 0 Å². The zero-order valence-electron chi connectivity index (χ0n) is 9.92. The highest BCUT2D eigenvalue weighted by molar-refractivity contribution is 5.19. The molecule has 2 aromatic rings. The number of ether oxygens (including phenoxy) is 1. The predicted octanol–water partition coefficient (Wildman–Crippen LogP) is 0.508. The highest BCUT2D eigenvalue weighted by Gasteiger charge is 2.02. The Hall–Kier alpha value is -1.95. The average molecular weight is 233 g/mol. The monoisotopic (exact) mass is 233 g/mol. The molecule has 2 heterocycles. The van der Waals surface area contributed by atoms with E-state index < -0.39 is 0 Å². The maximum absolute atomic E-state index is 5.56. The molecule has 0 aromatic carbocycles. The number of aromatic nitrogens is 4. The van der Waals surface area contributed by atoms with E-state index in [2.05, 4.69) is 20.5 Å². The highest BCUT2D eigenvalue weighted by atomic mass is 16.5. The van der Waals surface area contributed by atoms with Crippen molar-refractivity contribution in [1.82, 2.24) is 25.1 Å². The van der Waals surface area contributed by atoms with Crippen molar-refractivity contribution < 1.29 is 4.74 Å². The fraction of sp³-hybridized carbons (Fsp3) is 0.364. The van der Waals surface area contributed by atoms with Crippen LogP contribution < -0.4 is 10.1 Å². The molecule has 0 aliphatic carbocycles. The van der Waals surface area contributed by atoms with Gasteiger partial charge >= 0.3 is 0 Å². The van der Waals surface area contributed by atoms with E-state index in [1.165, 1.54) is 0 Å². The lowest BCUT2D eigenvalue weighted by Gasteiger charge is -2.05. The number of hydrogen-bond donors (Lipinski definition) is 1. The second-order valence-corrected chi connectivity index (χ2v) is 3.66. The Morgan fingerprint density at radius 2 is 2.29 bits per heavy atom. The van der Waals surface area contributed by atoms with E-state index in [0.29, 0.717) is 6.61 Å². The molecule has 0 aliphatic rings. The molecule has 90 valence electrons. The summed E-state index contributed by atoms with van der Waals surface area (Å²) in [6, 6.07) is 3.83. The molecule has 0 radical (unpaired) electrons.